The minimum absolute atomic E-state index is 0.411. The fraction of sp³-hybridized carbons (Fsp3) is 0.103. The van der Waals surface area contributed by atoms with E-state index in [1.807, 2.05) is 54.6 Å². The molecule has 1 aliphatic heterocycles. The van der Waals surface area contributed by atoms with Gasteiger partial charge in [-0.3, -0.25) is 0 Å². The first-order valence-corrected chi connectivity index (χ1v) is 12.2. The van der Waals surface area contributed by atoms with Crippen LogP contribution in [0.2, 0.25) is 5.02 Å². The zero-order valence-corrected chi connectivity index (χ0v) is 21.0. The molecule has 0 spiro atoms. The van der Waals surface area contributed by atoms with Crippen molar-refractivity contribution in [2.24, 2.45) is 0 Å². The van der Waals surface area contributed by atoms with Gasteiger partial charge in [-0.05, 0) is 63.9 Å². The van der Waals surface area contributed by atoms with Crippen LogP contribution >= 0.6 is 23.8 Å². The average Bonchev–Trinajstić information content (AvgIpc) is 2.91. The molecule has 0 aliphatic carbocycles. The first kappa shape index (κ1) is 23.9. The van der Waals surface area contributed by atoms with Crippen LogP contribution < -0.4 is 15.4 Å². The molecule has 0 radical (unpaired) electrons. The molecular formula is C29H23ClN2O3S. The molecule has 0 bridgehead atoms. The molecule has 1 atom stereocenters. The van der Waals surface area contributed by atoms with Gasteiger partial charge in [-0.15, -0.1) is 0 Å². The number of thiocarbonyl (C=S) groups is 1. The molecule has 4 aromatic rings. The minimum Gasteiger partial charge on any atom is -0.489 e. The second-order valence-corrected chi connectivity index (χ2v) is 9.16. The predicted molar refractivity (Wildman–Crippen MR) is 147 cm³/mol. The SMILES string of the molecule is COC(=O)C1=C(c2ccc(Cl)cc2)NC(=S)N[C@@H]1c1ccc(OCc2cccc3ccccc23)cc1. The van der Waals surface area contributed by atoms with Crippen molar-refractivity contribution in [2.75, 3.05) is 7.11 Å². The Balaban J connectivity index is 1.42. The lowest BCUT2D eigenvalue weighted by Gasteiger charge is -2.31. The normalized spacial score (nSPS) is 15.3. The summed E-state index contributed by atoms with van der Waals surface area (Å²) in [4.78, 5) is 12.9. The van der Waals surface area contributed by atoms with E-state index in [0.717, 1.165) is 22.4 Å². The molecule has 0 amide bonds. The number of nitrogens with one attached hydrogen (secondary N) is 2. The number of halogens is 1. The van der Waals surface area contributed by atoms with Gasteiger partial charge in [0.1, 0.15) is 12.4 Å². The molecular weight excluding hydrogens is 492 g/mol. The molecule has 7 heteroatoms. The number of hydrogen-bond acceptors (Lipinski definition) is 4. The minimum atomic E-state index is -0.496. The maximum Gasteiger partial charge on any atom is 0.338 e. The van der Waals surface area contributed by atoms with Gasteiger partial charge in [0.05, 0.1) is 24.4 Å². The third-order valence-corrected chi connectivity index (χ3v) is 6.57. The van der Waals surface area contributed by atoms with Crippen LogP contribution in [0, 0.1) is 0 Å². The van der Waals surface area contributed by atoms with Gasteiger partial charge in [-0.1, -0.05) is 78.3 Å². The average molecular weight is 515 g/mol. The van der Waals surface area contributed by atoms with Crippen LogP contribution in [0.4, 0.5) is 0 Å². The van der Waals surface area contributed by atoms with E-state index in [0.29, 0.717) is 28.0 Å². The summed E-state index contributed by atoms with van der Waals surface area (Å²) in [6, 6.07) is 28.8. The lowest BCUT2D eigenvalue weighted by molar-refractivity contribution is -0.136. The lowest BCUT2D eigenvalue weighted by Crippen LogP contribution is -2.45. The first-order chi connectivity index (χ1) is 17.5. The number of ether oxygens (including phenoxy) is 2. The van der Waals surface area contributed by atoms with Crippen LogP contribution in [-0.4, -0.2) is 18.2 Å². The Morgan fingerprint density at radius 3 is 2.42 bits per heavy atom. The van der Waals surface area contributed by atoms with E-state index in [1.165, 1.54) is 17.9 Å². The molecule has 5 rings (SSSR count). The third-order valence-electron chi connectivity index (χ3n) is 6.10. The molecule has 0 aromatic heterocycles. The van der Waals surface area contributed by atoms with Crippen molar-refractivity contribution < 1.29 is 14.3 Å². The van der Waals surface area contributed by atoms with Crippen molar-refractivity contribution in [1.29, 1.82) is 0 Å². The largest absolute Gasteiger partial charge is 0.489 e. The van der Waals surface area contributed by atoms with E-state index in [-0.39, 0.29) is 0 Å². The number of esters is 1. The molecule has 4 aromatic carbocycles. The molecule has 1 aliphatic rings. The summed E-state index contributed by atoms with van der Waals surface area (Å²) < 4.78 is 11.2. The second-order valence-electron chi connectivity index (χ2n) is 8.31. The van der Waals surface area contributed by atoms with Crippen LogP contribution in [0.3, 0.4) is 0 Å². The van der Waals surface area contributed by atoms with Crippen LogP contribution in [0.25, 0.3) is 16.5 Å². The van der Waals surface area contributed by atoms with Gasteiger partial charge in [-0.25, -0.2) is 4.79 Å². The fourth-order valence-electron chi connectivity index (χ4n) is 4.32. The Kier molecular flexibility index (Phi) is 6.89. The van der Waals surface area contributed by atoms with Crippen LogP contribution in [0.1, 0.15) is 22.7 Å². The Bertz CT molecular complexity index is 1460. The highest BCUT2D eigenvalue weighted by molar-refractivity contribution is 7.80. The molecule has 2 N–H and O–H groups in total. The van der Waals surface area contributed by atoms with E-state index < -0.39 is 12.0 Å². The van der Waals surface area contributed by atoms with E-state index in [4.69, 9.17) is 33.3 Å². The summed E-state index contributed by atoms with van der Waals surface area (Å²) in [5, 5.41) is 9.68. The Morgan fingerprint density at radius 1 is 0.944 bits per heavy atom. The monoisotopic (exact) mass is 514 g/mol. The number of carbonyl (C=O) groups excluding carboxylic acids is 1. The fourth-order valence-corrected chi connectivity index (χ4v) is 4.67. The second kappa shape index (κ2) is 10.4. The molecule has 36 heavy (non-hydrogen) atoms. The number of fused-ring (bicyclic) bond motifs is 1. The topological polar surface area (TPSA) is 59.6 Å². The maximum absolute atomic E-state index is 12.9. The molecule has 180 valence electrons. The summed E-state index contributed by atoms with van der Waals surface area (Å²) >= 11 is 11.5. The highest BCUT2D eigenvalue weighted by atomic mass is 35.5. The molecule has 0 unspecified atom stereocenters. The highest BCUT2D eigenvalue weighted by Gasteiger charge is 2.32. The van der Waals surface area contributed by atoms with Gasteiger partial charge in [0, 0.05) is 5.02 Å². The number of carbonyl (C=O) groups is 1. The summed E-state index contributed by atoms with van der Waals surface area (Å²) in [6.45, 7) is 0.449. The zero-order valence-electron chi connectivity index (χ0n) is 19.5. The van der Waals surface area contributed by atoms with Gasteiger partial charge in [0.25, 0.3) is 0 Å². The van der Waals surface area contributed by atoms with Crippen molar-refractivity contribution in [3.05, 3.63) is 118 Å². The summed E-state index contributed by atoms with van der Waals surface area (Å²) in [5.41, 5.74) is 3.76. The standard InChI is InChI=1S/C29H23ClN2O3S/c1-34-28(33)25-26(19-9-13-22(30)14-10-19)31-29(36)32-27(25)20-11-15-23(16-12-20)35-17-21-7-4-6-18-5-2-3-8-24(18)21/h2-16,27H,17H2,1H3,(H2,31,32,36)/t27-/m1/s1. The van der Waals surface area contributed by atoms with E-state index in [1.54, 1.807) is 12.1 Å². The molecule has 0 saturated heterocycles. The number of methoxy groups -OCH3 is 1. The predicted octanol–water partition coefficient (Wildman–Crippen LogP) is 6.18. The smallest absolute Gasteiger partial charge is 0.338 e. The highest BCUT2D eigenvalue weighted by Crippen LogP contribution is 2.33. The van der Waals surface area contributed by atoms with Gasteiger partial charge in [0.15, 0.2) is 5.11 Å². The lowest BCUT2D eigenvalue weighted by atomic mass is 9.93. The number of hydrogen-bond donors (Lipinski definition) is 2. The molecule has 1 heterocycles. The van der Waals surface area contributed by atoms with Gasteiger partial charge in [0.2, 0.25) is 0 Å². The summed E-state index contributed by atoms with van der Waals surface area (Å²) in [5.74, 6) is 0.272. The van der Waals surface area contributed by atoms with E-state index in [2.05, 4.69) is 34.9 Å². The Hall–Kier alpha value is -3.87. The Morgan fingerprint density at radius 2 is 1.67 bits per heavy atom. The van der Waals surface area contributed by atoms with Crippen molar-refractivity contribution in [1.82, 2.24) is 10.6 Å². The van der Waals surface area contributed by atoms with Gasteiger partial charge >= 0.3 is 5.97 Å². The first-order valence-electron chi connectivity index (χ1n) is 11.4. The molecule has 0 saturated carbocycles. The van der Waals surface area contributed by atoms with E-state index in [9.17, 15) is 4.79 Å². The van der Waals surface area contributed by atoms with Gasteiger partial charge in [-0.2, -0.15) is 0 Å². The van der Waals surface area contributed by atoms with Gasteiger partial charge < -0.3 is 20.1 Å². The Labute approximate surface area is 219 Å². The van der Waals surface area contributed by atoms with Crippen molar-refractivity contribution in [3.8, 4) is 5.75 Å². The van der Waals surface area contributed by atoms with Crippen LogP contribution in [0.15, 0.2) is 96.6 Å². The summed E-state index contributed by atoms with van der Waals surface area (Å²) in [7, 11) is 1.36. The van der Waals surface area contributed by atoms with E-state index >= 15 is 0 Å². The molecule has 0 fully saturated rings. The third kappa shape index (κ3) is 4.91. The number of benzene rings is 4. The summed E-state index contributed by atoms with van der Waals surface area (Å²) in [6.07, 6.45) is 0. The zero-order chi connectivity index (χ0) is 25.1. The number of rotatable bonds is 6. The maximum atomic E-state index is 12.9. The molecule has 5 nitrogen and oxygen atoms in total. The van der Waals surface area contributed by atoms with Crippen LogP contribution in [-0.2, 0) is 16.1 Å². The van der Waals surface area contributed by atoms with Crippen molar-refractivity contribution in [3.63, 3.8) is 0 Å². The quantitative estimate of drug-likeness (QED) is 0.237. The van der Waals surface area contributed by atoms with Crippen molar-refractivity contribution >= 4 is 51.4 Å². The van der Waals surface area contributed by atoms with Crippen molar-refractivity contribution in [2.45, 2.75) is 12.6 Å². The van der Waals surface area contributed by atoms with Crippen LogP contribution in [0.5, 0.6) is 5.75 Å².